The number of allylic oxidation sites excluding steroid dienone is 1. The number of ether oxygens (including phenoxy) is 1. The Labute approximate surface area is 166 Å². The number of carbonyl (C=O) groups is 1. The van der Waals surface area contributed by atoms with Crippen molar-refractivity contribution in [1.29, 1.82) is 0 Å². The van der Waals surface area contributed by atoms with E-state index < -0.39 is 5.82 Å². The summed E-state index contributed by atoms with van der Waals surface area (Å²) in [6.07, 6.45) is 6.24. The van der Waals surface area contributed by atoms with Crippen molar-refractivity contribution in [3.63, 3.8) is 0 Å². The van der Waals surface area contributed by atoms with Crippen molar-refractivity contribution in [2.75, 3.05) is 6.54 Å². The Morgan fingerprint density at radius 3 is 2.93 bits per heavy atom. The number of fused-ring (bicyclic) bond motifs is 1. The molecule has 0 radical (unpaired) electrons. The maximum absolute atomic E-state index is 15.3. The lowest BCUT2D eigenvalue weighted by Gasteiger charge is -2.26. The predicted molar refractivity (Wildman–Crippen MR) is 102 cm³/mol. The number of aryl methyl sites for hydroxylation is 1. The molecule has 1 unspecified atom stereocenters. The van der Waals surface area contributed by atoms with E-state index in [-0.39, 0.29) is 28.9 Å². The number of nitrogens with one attached hydrogen (secondary N) is 1. The zero-order chi connectivity index (χ0) is 19.8. The highest BCUT2D eigenvalue weighted by molar-refractivity contribution is 6.28. The molecule has 1 aliphatic carbocycles. The first kappa shape index (κ1) is 18.6. The molecule has 1 aliphatic heterocycles. The third-order valence-corrected chi connectivity index (χ3v) is 5.13. The summed E-state index contributed by atoms with van der Waals surface area (Å²) in [5, 5.41) is 2.89. The van der Waals surface area contributed by atoms with Gasteiger partial charge in [-0.15, -0.1) is 0 Å². The number of nitrogens with zero attached hydrogens (tertiary/aromatic N) is 3. The van der Waals surface area contributed by atoms with E-state index in [0.29, 0.717) is 30.5 Å². The van der Waals surface area contributed by atoms with Crippen LogP contribution in [-0.4, -0.2) is 27.4 Å². The highest BCUT2D eigenvalue weighted by Crippen LogP contribution is 2.39. The molecule has 0 spiro atoms. The second-order valence-corrected chi connectivity index (χ2v) is 7.25. The van der Waals surface area contributed by atoms with Gasteiger partial charge in [0.25, 0.3) is 11.8 Å². The lowest BCUT2D eigenvalue weighted by Crippen LogP contribution is -2.34. The van der Waals surface area contributed by atoms with E-state index in [2.05, 4.69) is 20.3 Å². The van der Waals surface area contributed by atoms with Crippen molar-refractivity contribution < 1.29 is 13.9 Å². The number of pyridine rings is 1. The number of aromatic nitrogens is 3. The Balaban J connectivity index is 1.76. The smallest absolute Gasteiger partial charge is 0.258 e. The Hall–Kier alpha value is -2.80. The van der Waals surface area contributed by atoms with Crippen LogP contribution in [0.2, 0.25) is 5.28 Å². The lowest BCUT2D eigenvalue weighted by atomic mass is 9.82. The topological polar surface area (TPSA) is 77.0 Å². The number of halogens is 2. The quantitative estimate of drug-likeness (QED) is 0.791. The summed E-state index contributed by atoms with van der Waals surface area (Å²) in [5.74, 6) is -0.542. The SMILES string of the molecule is CC1=C(C2=CC(C)CNC2=O)CCc2cnc(Oc3ccnc(Cl)n3)c(F)c21. The first-order valence-corrected chi connectivity index (χ1v) is 9.36. The summed E-state index contributed by atoms with van der Waals surface area (Å²) in [6.45, 7) is 4.48. The zero-order valence-corrected chi connectivity index (χ0v) is 16.2. The molecule has 1 N–H and O–H groups in total. The fraction of sp³-hybridized carbons (Fsp3) is 0.300. The second-order valence-electron chi connectivity index (χ2n) is 6.91. The molecule has 0 saturated heterocycles. The molecule has 0 aromatic carbocycles. The van der Waals surface area contributed by atoms with E-state index in [9.17, 15) is 4.79 Å². The van der Waals surface area contributed by atoms with Crippen LogP contribution in [0.1, 0.15) is 31.4 Å². The average molecular weight is 401 g/mol. The Morgan fingerprint density at radius 2 is 2.14 bits per heavy atom. The molecule has 0 saturated carbocycles. The van der Waals surface area contributed by atoms with Gasteiger partial charge in [-0.1, -0.05) is 13.0 Å². The van der Waals surface area contributed by atoms with Crippen LogP contribution in [0, 0.1) is 11.7 Å². The largest absolute Gasteiger partial charge is 0.417 e. The highest BCUT2D eigenvalue weighted by Gasteiger charge is 2.28. The molecule has 8 heteroatoms. The zero-order valence-electron chi connectivity index (χ0n) is 15.4. The molecule has 2 aliphatic rings. The number of rotatable bonds is 3. The van der Waals surface area contributed by atoms with Crippen LogP contribution >= 0.6 is 11.6 Å². The monoisotopic (exact) mass is 400 g/mol. The maximum Gasteiger partial charge on any atom is 0.258 e. The van der Waals surface area contributed by atoms with Crippen LogP contribution in [0.3, 0.4) is 0 Å². The van der Waals surface area contributed by atoms with Crippen LogP contribution in [0.15, 0.2) is 35.7 Å². The third-order valence-electron chi connectivity index (χ3n) is 4.95. The van der Waals surface area contributed by atoms with Crippen molar-refractivity contribution in [3.05, 3.63) is 57.9 Å². The summed E-state index contributed by atoms with van der Waals surface area (Å²) in [7, 11) is 0. The third kappa shape index (κ3) is 3.38. The summed E-state index contributed by atoms with van der Waals surface area (Å²) in [5.41, 5.74) is 3.43. The normalized spacial score (nSPS) is 19.1. The minimum atomic E-state index is -0.577. The minimum Gasteiger partial charge on any atom is -0.417 e. The summed E-state index contributed by atoms with van der Waals surface area (Å²) >= 11 is 5.75. The molecule has 144 valence electrons. The van der Waals surface area contributed by atoms with E-state index in [1.165, 1.54) is 12.3 Å². The Kier molecular flexibility index (Phi) is 4.85. The first-order valence-electron chi connectivity index (χ1n) is 8.98. The molecule has 4 rings (SSSR count). The van der Waals surface area contributed by atoms with Crippen LogP contribution in [-0.2, 0) is 11.2 Å². The molecule has 1 amide bonds. The molecule has 2 aromatic rings. The lowest BCUT2D eigenvalue weighted by molar-refractivity contribution is -0.117. The van der Waals surface area contributed by atoms with Gasteiger partial charge >= 0.3 is 0 Å². The molecular weight excluding hydrogens is 383 g/mol. The van der Waals surface area contributed by atoms with E-state index in [4.69, 9.17) is 16.3 Å². The van der Waals surface area contributed by atoms with Gasteiger partial charge in [0.05, 0.1) is 0 Å². The van der Waals surface area contributed by atoms with E-state index in [1.54, 1.807) is 6.20 Å². The van der Waals surface area contributed by atoms with E-state index >= 15 is 4.39 Å². The predicted octanol–water partition coefficient (Wildman–Crippen LogP) is 3.87. The van der Waals surface area contributed by atoms with Gasteiger partial charge in [0.2, 0.25) is 11.2 Å². The molecule has 3 heterocycles. The van der Waals surface area contributed by atoms with Gasteiger partial charge in [-0.2, -0.15) is 4.98 Å². The summed E-state index contributed by atoms with van der Waals surface area (Å²) < 4.78 is 20.8. The summed E-state index contributed by atoms with van der Waals surface area (Å²) in [4.78, 5) is 24.1. The standard InChI is InChI=1S/C20H18ClFN4O2/c1-10-7-14(18(27)24-8-10)13-4-3-12-9-25-19(17(22)16(12)11(13)2)28-15-5-6-23-20(21)26-15/h5-7,9-10H,3-4,8H2,1-2H3,(H,24,27). The van der Waals surface area contributed by atoms with E-state index in [0.717, 1.165) is 16.7 Å². The fourth-order valence-electron chi connectivity index (χ4n) is 3.59. The molecule has 6 nitrogen and oxygen atoms in total. The Bertz CT molecular complexity index is 1030. The average Bonchev–Trinajstić information content (AvgIpc) is 2.66. The van der Waals surface area contributed by atoms with Crippen LogP contribution in [0.25, 0.3) is 5.57 Å². The first-order chi connectivity index (χ1) is 13.4. The Morgan fingerprint density at radius 1 is 1.32 bits per heavy atom. The maximum atomic E-state index is 15.3. The fourth-order valence-corrected chi connectivity index (χ4v) is 3.73. The number of carbonyl (C=O) groups excluding carboxylic acids is 1. The van der Waals surface area contributed by atoms with E-state index in [1.807, 2.05) is 19.9 Å². The van der Waals surface area contributed by atoms with Gasteiger partial charge in [0, 0.05) is 36.1 Å². The molecule has 1 atom stereocenters. The van der Waals surface area contributed by atoms with Crippen molar-refractivity contribution in [2.45, 2.75) is 26.7 Å². The van der Waals surface area contributed by atoms with Crippen molar-refractivity contribution in [3.8, 4) is 11.8 Å². The molecule has 28 heavy (non-hydrogen) atoms. The van der Waals surface area contributed by atoms with Crippen LogP contribution in [0.4, 0.5) is 4.39 Å². The van der Waals surface area contributed by atoms with Crippen molar-refractivity contribution in [1.82, 2.24) is 20.3 Å². The highest BCUT2D eigenvalue weighted by atomic mass is 35.5. The van der Waals surface area contributed by atoms with Gasteiger partial charge < -0.3 is 10.1 Å². The number of amides is 1. The van der Waals surface area contributed by atoms with Crippen molar-refractivity contribution >= 4 is 23.1 Å². The minimum absolute atomic E-state index is 0.00130. The van der Waals surface area contributed by atoms with Gasteiger partial charge in [-0.05, 0) is 54.0 Å². The van der Waals surface area contributed by atoms with Gasteiger partial charge in [0.1, 0.15) is 0 Å². The molecule has 0 bridgehead atoms. The van der Waals surface area contributed by atoms with Gasteiger partial charge in [-0.3, -0.25) is 4.79 Å². The molecular formula is C20H18ClFN4O2. The number of hydrogen-bond acceptors (Lipinski definition) is 5. The van der Waals surface area contributed by atoms with Gasteiger partial charge in [0.15, 0.2) is 5.82 Å². The number of hydrogen-bond donors (Lipinski definition) is 1. The van der Waals surface area contributed by atoms with Crippen LogP contribution in [0.5, 0.6) is 11.8 Å². The molecule has 0 fully saturated rings. The summed E-state index contributed by atoms with van der Waals surface area (Å²) in [6, 6.07) is 1.47. The van der Waals surface area contributed by atoms with Crippen molar-refractivity contribution in [2.24, 2.45) is 5.92 Å². The molecule has 2 aromatic heterocycles. The van der Waals surface area contributed by atoms with Gasteiger partial charge in [-0.25, -0.2) is 14.4 Å². The van der Waals surface area contributed by atoms with Crippen LogP contribution < -0.4 is 10.1 Å². The second kappa shape index (κ2) is 7.31.